The van der Waals surface area contributed by atoms with Crippen molar-refractivity contribution in [2.45, 2.75) is 32.7 Å². The van der Waals surface area contributed by atoms with Crippen molar-refractivity contribution in [2.24, 2.45) is 0 Å². The number of nitrogens with zero attached hydrogens (tertiary/aromatic N) is 3. The van der Waals surface area contributed by atoms with E-state index in [1.165, 1.54) is 12.4 Å². The number of carbonyl (C=O) groups is 1. The van der Waals surface area contributed by atoms with Crippen LogP contribution in [0.2, 0.25) is 0 Å². The maximum Gasteiger partial charge on any atom is 0.258 e. The Morgan fingerprint density at radius 2 is 1.93 bits per heavy atom. The number of nitrogens with one attached hydrogen (secondary N) is 1. The van der Waals surface area contributed by atoms with Gasteiger partial charge in [-0.2, -0.15) is 0 Å². The minimum absolute atomic E-state index is 0.115. The molecule has 1 aliphatic heterocycles. The Balaban J connectivity index is 1.73. The maximum absolute atomic E-state index is 12.5. The van der Waals surface area contributed by atoms with Crippen molar-refractivity contribution in [2.75, 3.05) is 28.3 Å². The van der Waals surface area contributed by atoms with Gasteiger partial charge in [0.05, 0.1) is 17.1 Å². The summed E-state index contributed by atoms with van der Waals surface area (Å²) >= 11 is 0. The molecule has 0 saturated carbocycles. The quantitative estimate of drug-likeness (QED) is 0.816. The zero-order chi connectivity index (χ0) is 19.4. The van der Waals surface area contributed by atoms with E-state index in [0.717, 1.165) is 17.7 Å². The molecule has 3 rings (SSSR count). The van der Waals surface area contributed by atoms with Gasteiger partial charge in [-0.05, 0) is 31.4 Å². The molecule has 7 nitrogen and oxygen atoms in total. The van der Waals surface area contributed by atoms with Crippen LogP contribution in [0.4, 0.5) is 11.6 Å². The highest BCUT2D eigenvalue weighted by Gasteiger charge is 2.32. The molecule has 0 spiro atoms. The molecule has 144 valence electrons. The minimum Gasteiger partial charge on any atom is -0.337 e. The van der Waals surface area contributed by atoms with Crippen LogP contribution in [0.1, 0.15) is 36.2 Å². The van der Waals surface area contributed by atoms with Crippen LogP contribution < -0.4 is 10.2 Å². The van der Waals surface area contributed by atoms with Gasteiger partial charge in [0, 0.05) is 30.7 Å². The molecular formula is C19H24N4O3S. The summed E-state index contributed by atoms with van der Waals surface area (Å²) < 4.78 is 23.5. The van der Waals surface area contributed by atoms with Gasteiger partial charge >= 0.3 is 0 Å². The zero-order valence-corrected chi connectivity index (χ0v) is 16.4. The number of aromatic nitrogens is 2. The third-order valence-electron chi connectivity index (χ3n) is 4.79. The number of benzene rings is 1. The summed E-state index contributed by atoms with van der Waals surface area (Å²) in [5.74, 6) is 0.505. The average Bonchev–Trinajstić information content (AvgIpc) is 3.03. The molecule has 8 heteroatoms. The van der Waals surface area contributed by atoms with Gasteiger partial charge in [-0.25, -0.2) is 18.4 Å². The lowest BCUT2D eigenvalue weighted by molar-refractivity contribution is 0.102. The fourth-order valence-corrected chi connectivity index (χ4v) is 5.05. The number of para-hydroxylation sites is 1. The first kappa shape index (κ1) is 19.3. The third-order valence-corrected chi connectivity index (χ3v) is 6.54. The Morgan fingerprint density at radius 1 is 1.22 bits per heavy atom. The number of amides is 1. The Bertz CT molecular complexity index is 913. The number of hydrogen-bond donors (Lipinski definition) is 1. The number of sulfone groups is 1. The molecule has 27 heavy (non-hydrogen) atoms. The topological polar surface area (TPSA) is 92.3 Å². The van der Waals surface area contributed by atoms with Crippen molar-refractivity contribution >= 4 is 27.4 Å². The smallest absolute Gasteiger partial charge is 0.258 e. The van der Waals surface area contributed by atoms with E-state index in [1.807, 2.05) is 43.0 Å². The molecule has 2 aromatic rings. The maximum atomic E-state index is 12.5. The minimum atomic E-state index is -2.98. The van der Waals surface area contributed by atoms with Gasteiger partial charge in [-0.15, -0.1) is 0 Å². The van der Waals surface area contributed by atoms with E-state index in [-0.39, 0.29) is 23.5 Å². The lowest BCUT2D eigenvalue weighted by Gasteiger charge is -2.26. The third kappa shape index (κ3) is 4.44. The fourth-order valence-electron chi connectivity index (χ4n) is 3.32. The largest absolute Gasteiger partial charge is 0.337 e. The van der Waals surface area contributed by atoms with Gasteiger partial charge in [-0.1, -0.05) is 25.1 Å². The summed E-state index contributed by atoms with van der Waals surface area (Å²) in [6, 6.07) is 7.55. The van der Waals surface area contributed by atoms with Crippen LogP contribution in [-0.2, 0) is 16.3 Å². The van der Waals surface area contributed by atoms with Gasteiger partial charge in [0.15, 0.2) is 9.84 Å². The Hall–Kier alpha value is -2.48. The van der Waals surface area contributed by atoms with Gasteiger partial charge < -0.3 is 10.2 Å². The first-order chi connectivity index (χ1) is 12.9. The highest BCUT2D eigenvalue weighted by atomic mass is 32.2. The predicted molar refractivity (Wildman–Crippen MR) is 106 cm³/mol. The molecule has 0 aliphatic carbocycles. The lowest BCUT2D eigenvalue weighted by Crippen LogP contribution is -2.37. The standard InChI is InChI=1S/C19H24N4O3S/c1-3-14-7-5-6-8-17(14)22-18(24)15-11-20-19(21-12-15)23(4-2)16-9-10-27(25,26)13-16/h5-8,11-12,16H,3-4,9-10,13H2,1-2H3,(H,22,24). The molecule has 1 saturated heterocycles. The Morgan fingerprint density at radius 3 is 2.52 bits per heavy atom. The van der Waals surface area contributed by atoms with E-state index in [4.69, 9.17) is 0 Å². The van der Waals surface area contributed by atoms with Crippen LogP contribution in [0.3, 0.4) is 0 Å². The number of rotatable bonds is 6. The highest BCUT2D eigenvalue weighted by Crippen LogP contribution is 2.22. The van der Waals surface area contributed by atoms with Crippen LogP contribution in [0.15, 0.2) is 36.7 Å². The average molecular weight is 388 g/mol. The van der Waals surface area contributed by atoms with Crippen molar-refractivity contribution in [1.29, 1.82) is 0 Å². The normalized spacial score (nSPS) is 18.2. The van der Waals surface area contributed by atoms with Crippen LogP contribution >= 0.6 is 0 Å². The summed E-state index contributed by atoms with van der Waals surface area (Å²) in [6.07, 6.45) is 4.37. The van der Waals surface area contributed by atoms with Crippen molar-refractivity contribution in [3.05, 3.63) is 47.8 Å². The molecule has 1 fully saturated rings. The van der Waals surface area contributed by atoms with Crippen molar-refractivity contribution in [3.63, 3.8) is 0 Å². The van der Waals surface area contributed by atoms with Crippen LogP contribution in [0.5, 0.6) is 0 Å². The lowest BCUT2D eigenvalue weighted by atomic mass is 10.1. The number of hydrogen-bond acceptors (Lipinski definition) is 6. The first-order valence-corrected chi connectivity index (χ1v) is 10.9. The summed E-state index contributed by atoms with van der Waals surface area (Å²) in [5.41, 5.74) is 2.20. The van der Waals surface area contributed by atoms with E-state index >= 15 is 0 Å². The molecule has 1 atom stereocenters. The van der Waals surface area contributed by atoms with E-state index in [0.29, 0.717) is 24.5 Å². The SMILES string of the molecule is CCc1ccccc1NC(=O)c1cnc(N(CC)C2CCS(=O)(=O)C2)nc1. The first-order valence-electron chi connectivity index (χ1n) is 9.12. The van der Waals surface area contributed by atoms with Gasteiger partial charge in [-0.3, -0.25) is 4.79 Å². The summed E-state index contributed by atoms with van der Waals surface area (Å²) in [4.78, 5) is 23.0. The van der Waals surface area contributed by atoms with Crippen LogP contribution in [-0.4, -0.2) is 48.4 Å². The Kier molecular flexibility index (Phi) is 5.74. The number of aryl methyl sites for hydroxylation is 1. The van der Waals surface area contributed by atoms with Gasteiger partial charge in [0.1, 0.15) is 0 Å². The molecular weight excluding hydrogens is 364 g/mol. The van der Waals surface area contributed by atoms with Crippen molar-refractivity contribution in [1.82, 2.24) is 9.97 Å². The molecule has 1 aliphatic rings. The van der Waals surface area contributed by atoms with E-state index in [2.05, 4.69) is 15.3 Å². The van der Waals surface area contributed by atoms with Crippen LogP contribution in [0.25, 0.3) is 0 Å². The Labute approximate surface area is 159 Å². The van der Waals surface area contributed by atoms with E-state index in [9.17, 15) is 13.2 Å². The van der Waals surface area contributed by atoms with E-state index < -0.39 is 9.84 Å². The monoisotopic (exact) mass is 388 g/mol. The predicted octanol–water partition coefficient (Wildman–Crippen LogP) is 2.30. The molecule has 2 heterocycles. The second-order valence-electron chi connectivity index (χ2n) is 6.58. The molecule has 0 radical (unpaired) electrons. The van der Waals surface area contributed by atoms with Gasteiger partial charge in [0.2, 0.25) is 5.95 Å². The van der Waals surface area contributed by atoms with Crippen LogP contribution in [0, 0.1) is 0 Å². The molecule has 1 aromatic carbocycles. The molecule has 1 unspecified atom stereocenters. The van der Waals surface area contributed by atoms with E-state index in [1.54, 1.807) is 0 Å². The second-order valence-corrected chi connectivity index (χ2v) is 8.81. The number of anilines is 2. The molecule has 0 bridgehead atoms. The summed E-state index contributed by atoms with van der Waals surface area (Å²) in [7, 11) is -2.98. The van der Waals surface area contributed by atoms with Gasteiger partial charge in [0.25, 0.3) is 5.91 Å². The molecule has 1 N–H and O–H groups in total. The fraction of sp³-hybridized carbons (Fsp3) is 0.421. The number of carbonyl (C=O) groups excluding carboxylic acids is 1. The summed E-state index contributed by atoms with van der Waals surface area (Å²) in [5, 5.41) is 2.89. The van der Waals surface area contributed by atoms with Crippen molar-refractivity contribution in [3.8, 4) is 0 Å². The summed E-state index contributed by atoms with van der Waals surface area (Å²) in [6.45, 7) is 4.58. The highest BCUT2D eigenvalue weighted by molar-refractivity contribution is 7.91. The van der Waals surface area contributed by atoms with Crippen molar-refractivity contribution < 1.29 is 13.2 Å². The zero-order valence-electron chi connectivity index (χ0n) is 15.6. The second kappa shape index (κ2) is 8.04. The molecule has 1 amide bonds. The molecule has 1 aromatic heterocycles.